The minimum Gasteiger partial charge on any atom is -0.259 e. The third kappa shape index (κ3) is 3.62. The first-order valence-corrected chi connectivity index (χ1v) is 6.44. The monoisotopic (exact) mass is 219 g/mol. The maximum Gasteiger partial charge on any atom is 0.0375 e. The summed E-state index contributed by atoms with van der Waals surface area (Å²) >= 11 is 0. The van der Waals surface area contributed by atoms with E-state index < -0.39 is 0 Å². The molecular weight excluding hydrogens is 194 g/mol. The maximum absolute atomic E-state index is 4.65. The number of rotatable bonds is 4. The van der Waals surface area contributed by atoms with E-state index in [2.05, 4.69) is 45.7 Å². The van der Waals surface area contributed by atoms with Gasteiger partial charge < -0.3 is 0 Å². The Morgan fingerprint density at radius 2 is 1.81 bits per heavy atom. The first-order valence-electron chi connectivity index (χ1n) is 6.44. The van der Waals surface area contributed by atoms with Crippen LogP contribution < -0.4 is 0 Å². The molecule has 1 nitrogen and oxygen atoms in total. The van der Waals surface area contributed by atoms with E-state index >= 15 is 0 Å². The van der Waals surface area contributed by atoms with Crippen molar-refractivity contribution in [1.82, 2.24) is 0 Å². The lowest BCUT2D eigenvalue weighted by atomic mass is 9.80. The Bertz CT molecular complexity index is 327. The molecule has 0 atom stereocenters. The molecule has 16 heavy (non-hydrogen) atoms. The van der Waals surface area contributed by atoms with Crippen molar-refractivity contribution in [2.45, 2.75) is 60.3 Å². The summed E-state index contributed by atoms with van der Waals surface area (Å²) in [5.74, 6) is 0.835. The number of hydrogen-bond donors (Lipinski definition) is 0. The van der Waals surface area contributed by atoms with Crippen molar-refractivity contribution >= 4 is 5.71 Å². The third-order valence-corrected chi connectivity index (χ3v) is 3.68. The highest BCUT2D eigenvalue weighted by atomic mass is 14.7. The Balaban J connectivity index is 2.69. The number of allylic oxidation sites excluding steroid dienone is 4. The summed E-state index contributed by atoms with van der Waals surface area (Å²) in [4.78, 5) is 4.65. The molecule has 0 aromatic heterocycles. The average Bonchev–Trinajstić information content (AvgIpc) is 2.12. The van der Waals surface area contributed by atoms with Gasteiger partial charge in [0.05, 0.1) is 0 Å². The van der Waals surface area contributed by atoms with Gasteiger partial charge in [0.1, 0.15) is 0 Å². The van der Waals surface area contributed by atoms with Gasteiger partial charge in [0.25, 0.3) is 0 Å². The van der Waals surface area contributed by atoms with Crippen LogP contribution in [0.2, 0.25) is 0 Å². The second kappa shape index (κ2) is 6.03. The summed E-state index contributed by atoms with van der Waals surface area (Å²) in [6, 6.07) is 0. The van der Waals surface area contributed by atoms with Crippen molar-refractivity contribution in [1.29, 1.82) is 0 Å². The van der Waals surface area contributed by atoms with Gasteiger partial charge in [0.15, 0.2) is 0 Å². The van der Waals surface area contributed by atoms with Crippen molar-refractivity contribution in [2.75, 3.05) is 0 Å². The predicted octanol–water partition coefficient (Wildman–Crippen LogP) is 4.90. The normalized spacial score (nSPS) is 20.6. The number of nitrogens with zero attached hydrogens (tertiary/aromatic N) is 1. The van der Waals surface area contributed by atoms with Gasteiger partial charge in [-0.25, -0.2) is 0 Å². The maximum atomic E-state index is 4.65. The van der Waals surface area contributed by atoms with Crippen molar-refractivity contribution < 1.29 is 0 Å². The molecule has 1 aliphatic rings. The van der Waals surface area contributed by atoms with Gasteiger partial charge in [-0.1, -0.05) is 24.5 Å². The average molecular weight is 219 g/mol. The molecule has 1 aliphatic carbocycles. The van der Waals surface area contributed by atoms with Crippen molar-refractivity contribution in [3.63, 3.8) is 0 Å². The van der Waals surface area contributed by atoms with Crippen LogP contribution in [-0.2, 0) is 0 Å². The van der Waals surface area contributed by atoms with Crippen molar-refractivity contribution in [3.05, 3.63) is 22.9 Å². The Morgan fingerprint density at radius 3 is 2.25 bits per heavy atom. The lowest BCUT2D eigenvalue weighted by Crippen LogP contribution is -2.12. The van der Waals surface area contributed by atoms with Crippen LogP contribution >= 0.6 is 0 Å². The Labute approximate surface area is 100 Å². The van der Waals surface area contributed by atoms with Crippen LogP contribution in [0.1, 0.15) is 60.3 Å². The molecular formula is C15H25N. The van der Waals surface area contributed by atoms with Crippen LogP contribution in [0.5, 0.6) is 0 Å². The lowest BCUT2D eigenvalue weighted by molar-refractivity contribution is 0.368. The quantitative estimate of drug-likeness (QED) is 0.596. The summed E-state index contributed by atoms with van der Waals surface area (Å²) in [6.07, 6.45) is 7.50. The van der Waals surface area contributed by atoms with E-state index in [1.165, 1.54) is 36.1 Å². The molecule has 1 heteroatoms. The van der Waals surface area contributed by atoms with Crippen LogP contribution in [0.25, 0.3) is 0 Å². The lowest BCUT2D eigenvalue weighted by Gasteiger charge is -2.26. The van der Waals surface area contributed by atoms with Crippen LogP contribution in [0.15, 0.2) is 27.9 Å². The SMILES string of the molecule is CC/C(C)=C(C)/N=C(C)\C=C(/C)C1CCC1. The fourth-order valence-electron chi connectivity index (χ4n) is 1.96. The van der Waals surface area contributed by atoms with Gasteiger partial charge >= 0.3 is 0 Å². The summed E-state index contributed by atoms with van der Waals surface area (Å²) in [7, 11) is 0. The molecule has 1 saturated carbocycles. The van der Waals surface area contributed by atoms with Gasteiger partial charge in [-0.15, -0.1) is 0 Å². The van der Waals surface area contributed by atoms with Gasteiger partial charge in [0, 0.05) is 11.4 Å². The van der Waals surface area contributed by atoms with E-state index in [9.17, 15) is 0 Å². The van der Waals surface area contributed by atoms with Crippen LogP contribution in [-0.4, -0.2) is 5.71 Å². The Morgan fingerprint density at radius 1 is 1.19 bits per heavy atom. The molecule has 0 aromatic carbocycles. The first kappa shape index (κ1) is 13.2. The van der Waals surface area contributed by atoms with Gasteiger partial charge in [-0.05, 0) is 59.0 Å². The minimum absolute atomic E-state index is 0.835. The van der Waals surface area contributed by atoms with E-state index in [1.807, 2.05) is 0 Å². The van der Waals surface area contributed by atoms with Gasteiger partial charge in [0.2, 0.25) is 0 Å². The second-order valence-electron chi connectivity index (χ2n) is 4.99. The molecule has 0 aliphatic heterocycles. The highest BCUT2D eigenvalue weighted by Crippen LogP contribution is 2.32. The van der Waals surface area contributed by atoms with Crippen molar-refractivity contribution in [2.24, 2.45) is 10.9 Å². The predicted molar refractivity (Wildman–Crippen MR) is 72.9 cm³/mol. The van der Waals surface area contributed by atoms with E-state index in [0.29, 0.717) is 0 Å². The van der Waals surface area contributed by atoms with Crippen LogP contribution in [0.3, 0.4) is 0 Å². The molecule has 0 heterocycles. The molecule has 1 fully saturated rings. The first-order chi connectivity index (χ1) is 7.54. The standard InChI is InChI=1S/C15H25N/c1-6-11(2)14(5)16-13(4)10-12(3)15-8-7-9-15/h10,15H,6-9H2,1-5H3/b12-10+,14-11+,16-13-. The van der Waals surface area contributed by atoms with Crippen LogP contribution in [0, 0.1) is 5.92 Å². The summed E-state index contributed by atoms with van der Waals surface area (Å²) in [5, 5.41) is 0. The summed E-state index contributed by atoms with van der Waals surface area (Å²) < 4.78 is 0. The molecule has 0 spiro atoms. The Hall–Kier alpha value is -0.850. The fourth-order valence-corrected chi connectivity index (χ4v) is 1.96. The largest absolute Gasteiger partial charge is 0.259 e. The second-order valence-corrected chi connectivity index (χ2v) is 4.99. The van der Waals surface area contributed by atoms with E-state index in [4.69, 9.17) is 0 Å². The molecule has 0 aromatic rings. The van der Waals surface area contributed by atoms with E-state index in [-0.39, 0.29) is 0 Å². The fraction of sp³-hybridized carbons (Fsp3) is 0.667. The van der Waals surface area contributed by atoms with Crippen molar-refractivity contribution in [3.8, 4) is 0 Å². The summed E-state index contributed by atoms with van der Waals surface area (Å²) in [5.41, 5.74) is 5.22. The third-order valence-electron chi connectivity index (χ3n) is 3.68. The molecule has 0 unspecified atom stereocenters. The van der Waals surface area contributed by atoms with Crippen LogP contribution in [0.4, 0.5) is 0 Å². The molecule has 0 N–H and O–H groups in total. The zero-order valence-electron chi connectivity index (χ0n) is 11.4. The topological polar surface area (TPSA) is 12.4 Å². The number of aliphatic imine (C=N–C) groups is 1. The molecule has 0 saturated heterocycles. The molecule has 90 valence electrons. The molecule has 0 radical (unpaired) electrons. The highest BCUT2D eigenvalue weighted by Gasteiger charge is 2.18. The number of hydrogen-bond acceptors (Lipinski definition) is 1. The molecule has 0 bridgehead atoms. The van der Waals surface area contributed by atoms with Gasteiger partial charge in [-0.3, -0.25) is 4.99 Å². The zero-order valence-corrected chi connectivity index (χ0v) is 11.4. The van der Waals surface area contributed by atoms with Gasteiger partial charge in [-0.2, -0.15) is 0 Å². The highest BCUT2D eigenvalue weighted by molar-refractivity contribution is 5.94. The van der Waals surface area contributed by atoms with E-state index in [1.54, 1.807) is 0 Å². The molecule has 1 rings (SSSR count). The zero-order chi connectivity index (χ0) is 12.1. The minimum atomic E-state index is 0.835. The Kier molecular flexibility index (Phi) is 4.98. The smallest absolute Gasteiger partial charge is 0.0375 e. The summed E-state index contributed by atoms with van der Waals surface area (Å²) in [6.45, 7) is 10.8. The van der Waals surface area contributed by atoms with E-state index in [0.717, 1.165) is 18.1 Å². The molecule has 0 amide bonds.